The SMILES string of the molecule is COC(=O)c1ccc(-c2cc(-c3ccccc3)c3cccc(Cl)n23)cc1. The Kier molecular flexibility index (Phi) is 4.23. The molecule has 2 aromatic heterocycles. The lowest BCUT2D eigenvalue weighted by Gasteiger charge is -2.06. The second-order valence-electron chi connectivity index (χ2n) is 5.95. The summed E-state index contributed by atoms with van der Waals surface area (Å²) in [5, 5.41) is 0.636. The molecule has 0 bridgehead atoms. The first kappa shape index (κ1) is 16.4. The number of hydrogen-bond donors (Lipinski definition) is 0. The van der Waals surface area contributed by atoms with Gasteiger partial charge in [0.2, 0.25) is 0 Å². The van der Waals surface area contributed by atoms with Gasteiger partial charge >= 0.3 is 5.97 Å². The van der Waals surface area contributed by atoms with E-state index in [1.807, 2.05) is 46.9 Å². The van der Waals surface area contributed by atoms with Crippen molar-refractivity contribution in [2.24, 2.45) is 0 Å². The number of fused-ring (bicyclic) bond motifs is 1. The number of pyridine rings is 1. The molecule has 0 radical (unpaired) electrons. The van der Waals surface area contributed by atoms with Crippen LogP contribution in [0.2, 0.25) is 5.15 Å². The van der Waals surface area contributed by atoms with Crippen LogP contribution in [0.15, 0.2) is 78.9 Å². The molecule has 0 aliphatic carbocycles. The quantitative estimate of drug-likeness (QED) is 0.345. The monoisotopic (exact) mass is 361 g/mol. The smallest absolute Gasteiger partial charge is 0.337 e. The van der Waals surface area contributed by atoms with Gasteiger partial charge in [0.05, 0.1) is 23.9 Å². The standard InChI is InChI=1S/C22H16ClNO2/c1-26-22(25)17-12-10-16(11-13-17)20-14-18(15-6-3-2-4-7-15)19-8-5-9-21(23)24(19)20/h2-14H,1H3. The highest BCUT2D eigenvalue weighted by molar-refractivity contribution is 6.30. The van der Waals surface area contributed by atoms with Crippen LogP contribution in [-0.2, 0) is 4.74 Å². The fourth-order valence-corrected chi connectivity index (χ4v) is 3.42. The maximum Gasteiger partial charge on any atom is 0.337 e. The van der Waals surface area contributed by atoms with E-state index in [9.17, 15) is 4.79 Å². The average Bonchev–Trinajstić information content (AvgIpc) is 3.09. The summed E-state index contributed by atoms with van der Waals surface area (Å²) in [5.41, 5.74) is 5.75. The minimum absolute atomic E-state index is 0.348. The van der Waals surface area contributed by atoms with Gasteiger partial charge in [-0.25, -0.2) is 4.79 Å². The van der Waals surface area contributed by atoms with E-state index in [0.717, 1.165) is 27.9 Å². The van der Waals surface area contributed by atoms with Crippen molar-refractivity contribution < 1.29 is 9.53 Å². The van der Waals surface area contributed by atoms with Crippen LogP contribution in [0.25, 0.3) is 27.9 Å². The number of esters is 1. The number of ether oxygens (including phenoxy) is 1. The molecule has 0 aliphatic heterocycles. The first-order chi connectivity index (χ1) is 12.7. The number of aromatic nitrogens is 1. The molecule has 4 heteroatoms. The number of carbonyl (C=O) groups is 1. The third-order valence-electron chi connectivity index (χ3n) is 4.43. The van der Waals surface area contributed by atoms with E-state index in [1.54, 1.807) is 12.1 Å². The Morgan fingerprint density at radius 3 is 2.31 bits per heavy atom. The molecule has 2 heterocycles. The molecule has 2 aromatic carbocycles. The molecule has 0 fully saturated rings. The third-order valence-corrected chi connectivity index (χ3v) is 4.72. The van der Waals surface area contributed by atoms with E-state index in [4.69, 9.17) is 16.3 Å². The molecule has 0 spiro atoms. The highest BCUT2D eigenvalue weighted by atomic mass is 35.5. The third kappa shape index (κ3) is 2.76. The molecule has 4 rings (SSSR count). The lowest BCUT2D eigenvalue weighted by molar-refractivity contribution is 0.0601. The fraction of sp³-hybridized carbons (Fsp3) is 0.0455. The summed E-state index contributed by atoms with van der Waals surface area (Å²) in [6.07, 6.45) is 0. The van der Waals surface area contributed by atoms with Crippen LogP contribution >= 0.6 is 11.6 Å². The summed E-state index contributed by atoms with van der Waals surface area (Å²) >= 11 is 6.51. The van der Waals surface area contributed by atoms with Gasteiger partial charge < -0.3 is 4.74 Å². The zero-order chi connectivity index (χ0) is 18.1. The zero-order valence-electron chi connectivity index (χ0n) is 14.1. The van der Waals surface area contributed by atoms with Gasteiger partial charge in [0.1, 0.15) is 5.15 Å². The number of carbonyl (C=O) groups excluding carboxylic acids is 1. The Morgan fingerprint density at radius 1 is 0.885 bits per heavy atom. The van der Waals surface area contributed by atoms with Crippen molar-refractivity contribution in [1.82, 2.24) is 4.40 Å². The Hall–Kier alpha value is -3.04. The minimum atomic E-state index is -0.348. The number of nitrogens with zero attached hydrogens (tertiary/aromatic N) is 1. The van der Waals surface area contributed by atoms with Gasteiger partial charge in [-0.2, -0.15) is 0 Å². The fourth-order valence-electron chi connectivity index (χ4n) is 3.17. The molecule has 0 saturated carbocycles. The van der Waals surface area contributed by atoms with Gasteiger partial charge in [0.25, 0.3) is 0 Å². The highest BCUT2D eigenvalue weighted by Crippen LogP contribution is 2.35. The Labute approximate surface area is 156 Å². The number of rotatable bonds is 3. The summed E-state index contributed by atoms with van der Waals surface area (Å²) in [5.74, 6) is -0.348. The largest absolute Gasteiger partial charge is 0.465 e. The Bertz CT molecular complexity index is 1080. The van der Waals surface area contributed by atoms with E-state index >= 15 is 0 Å². The summed E-state index contributed by atoms with van der Waals surface area (Å²) in [6.45, 7) is 0. The predicted octanol–water partition coefficient (Wildman–Crippen LogP) is 5.71. The normalized spacial score (nSPS) is 10.8. The van der Waals surface area contributed by atoms with Crippen molar-refractivity contribution in [2.45, 2.75) is 0 Å². The van der Waals surface area contributed by atoms with Crippen molar-refractivity contribution in [3.63, 3.8) is 0 Å². The van der Waals surface area contributed by atoms with Crippen LogP contribution in [0.1, 0.15) is 10.4 Å². The number of benzene rings is 2. The lowest BCUT2D eigenvalue weighted by Crippen LogP contribution is -2.00. The number of hydrogen-bond acceptors (Lipinski definition) is 2. The van der Waals surface area contributed by atoms with E-state index in [-0.39, 0.29) is 5.97 Å². The summed E-state index contributed by atoms with van der Waals surface area (Å²) in [6, 6.07) is 25.6. The molecule has 0 amide bonds. The molecule has 4 aromatic rings. The van der Waals surface area contributed by atoms with Crippen LogP contribution in [0.4, 0.5) is 0 Å². The number of halogens is 1. The van der Waals surface area contributed by atoms with Crippen LogP contribution in [0.3, 0.4) is 0 Å². The molecular formula is C22H16ClNO2. The lowest BCUT2D eigenvalue weighted by atomic mass is 10.1. The maximum atomic E-state index is 11.7. The number of methoxy groups -OCH3 is 1. The van der Waals surface area contributed by atoms with Crippen molar-refractivity contribution >= 4 is 23.1 Å². The summed E-state index contributed by atoms with van der Waals surface area (Å²) in [7, 11) is 1.38. The first-order valence-electron chi connectivity index (χ1n) is 8.23. The van der Waals surface area contributed by atoms with Gasteiger partial charge in [0.15, 0.2) is 0 Å². The van der Waals surface area contributed by atoms with Crippen molar-refractivity contribution in [1.29, 1.82) is 0 Å². The van der Waals surface area contributed by atoms with Gasteiger partial charge in [-0.05, 0) is 41.5 Å². The molecule has 26 heavy (non-hydrogen) atoms. The van der Waals surface area contributed by atoms with Crippen LogP contribution in [0, 0.1) is 0 Å². The van der Waals surface area contributed by atoms with E-state index < -0.39 is 0 Å². The Balaban J connectivity index is 1.92. The zero-order valence-corrected chi connectivity index (χ0v) is 14.9. The molecule has 0 N–H and O–H groups in total. The maximum absolute atomic E-state index is 11.7. The molecule has 128 valence electrons. The molecule has 0 atom stereocenters. The van der Waals surface area contributed by atoms with Gasteiger partial charge in [-0.3, -0.25) is 4.40 Å². The van der Waals surface area contributed by atoms with E-state index in [1.165, 1.54) is 7.11 Å². The molecule has 0 aliphatic rings. The van der Waals surface area contributed by atoms with E-state index in [0.29, 0.717) is 10.7 Å². The van der Waals surface area contributed by atoms with Crippen molar-refractivity contribution in [3.8, 4) is 22.4 Å². The molecule has 0 unspecified atom stereocenters. The van der Waals surface area contributed by atoms with Gasteiger partial charge in [-0.1, -0.05) is 60.1 Å². The first-order valence-corrected chi connectivity index (χ1v) is 8.61. The van der Waals surface area contributed by atoms with Crippen LogP contribution in [0.5, 0.6) is 0 Å². The van der Waals surface area contributed by atoms with Crippen LogP contribution in [-0.4, -0.2) is 17.5 Å². The van der Waals surface area contributed by atoms with Crippen molar-refractivity contribution in [2.75, 3.05) is 7.11 Å². The summed E-state index contributed by atoms with van der Waals surface area (Å²) in [4.78, 5) is 11.7. The molecular weight excluding hydrogens is 346 g/mol. The van der Waals surface area contributed by atoms with Gasteiger partial charge in [0, 0.05) is 5.56 Å². The van der Waals surface area contributed by atoms with E-state index in [2.05, 4.69) is 24.3 Å². The summed E-state index contributed by atoms with van der Waals surface area (Å²) < 4.78 is 6.79. The second-order valence-corrected chi connectivity index (χ2v) is 6.33. The topological polar surface area (TPSA) is 30.7 Å². The minimum Gasteiger partial charge on any atom is -0.465 e. The predicted molar refractivity (Wildman–Crippen MR) is 105 cm³/mol. The Morgan fingerprint density at radius 2 is 1.62 bits per heavy atom. The molecule has 3 nitrogen and oxygen atoms in total. The molecule has 0 saturated heterocycles. The van der Waals surface area contributed by atoms with Crippen molar-refractivity contribution in [3.05, 3.63) is 89.6 Å². The second kappa shape index (κ2) is 6.70. The van der Waals surface area contributed by atoms with Crippen LogP contribution < -0.4 is 0 Å². The van der Waals surface area contributed by atoms with Gasteiger partial charge in [-0.15, -0.1) is 0 Å². The average molecular weight is 362 g/mol. The highest BCUT2D eigenvalue weighted by Gasteiger charge is 2.14.